The molecule has 0 aromatic carbocycles. The number of Topliss-reactive ketones (excluding diaryl/α,β-unsaturated/α-hetero) is 1. The zero-order chi connectivity index (χ0) is 9.14. The molecule has 0 N–H and O–H groups in total. The number of aldehydes is 1. The first kappa shape index (κ1) is 8.77. The highest BCUT2D eigenvalue weighted by Gasteiger charge is 2.21. The maximum absolute atomic E-state index is 11.3. The smallest absolute Gasteiger partial charge is 0.186 e. The van der Waals surface area contributed by atoms with Gasteiger partial charge in [0.2, 0.25) is 0 Å². The number of hydrogen-bond acceptors (Lipinski definition) is 4. The number of azo groups is 1. The Bertz CT molecular complexity index is 277. The second-order valence-electron chi connectivity index (χ2n) is 2.91. The van der Waals surface area contributed by atoms with E-state index in [1.807, 2.05) is 0 Å². The molecule has 1 rings (SSSR count). The lowest BCUT2D eigenvalue weighted by molar-refractivity contribution is -0.118. The minimum Gasteiger partial charge on any atom is -0.298 e. The van der Waals surface area contributed by atoms with Crippen LogP contribution in [0.4, 0.5) is 0 Å². The van der Waals surface area contributed by atoms with Gasteiger partial charge in [0, 0.05) is 11.5 Å². The standard InChI is InChI=1S/C8H10N2O2/c1-5(2)8(12)7-6(4-11)3-9-10-7/h4-5H,3H2,1-2H3. The fourth-order valence-electron chi connectivity index (χ4n) is 0.895. The van der Waals surface area contributed by atoms with E-state index in [-0.39, 0.29) is 23.9 Å². The molecule has 1 aliphatic heterocycles. The Labute approximate surface area is 70.4 Å². The molecule has 0 radical (unpaired) electrons. The van der Waals surface area contributed by atoms with E-state index >= 15 is 0 Å². The number of hydrogen-bond donors (Lipinski definition) is 0. The van der Waals surface area contributed by atoms with Crippen LogP contribution in [0.3, 0.4) is 0 Å². The van der Waals surface area contributed by atoms with Crippen molar-refractivity contribution in [2.75, 3.05) is 6.54 Å². The van der Waals surface area contributed by atoms with E-state index in [0.29, 0.717) is 11.9 Å². The molecular weight excluding hydrogens is 156 g/mol. The molecule has 4 heteroatoms. The molecule has 0 spiro atoms. The van der Waals surface area contributed by atoms with Crippen LogP contribution < -0.4 is 0 Å². The van der Waals surface area contributed by atoms with Gasteiger partial charge < -0.3 is 0 Å². The summed E-state index contributed by atoms with van der Waals surface area (Å²) in [5, 5.41) is 7.25. The Morgan fingerprint density at radius 2 is 2.25 bits per heavy atom. The third kappa shape index (κ3) is 1.47. The van der Waals surface area contributed by atoms with Crippen LogP contribution in [0.25, 0.3) is 0 Å². The van der Waals surface area contributed by atoms with Gasteiger partial charge in [-0.15, -0.1) is 0 Å². The average molecular weight is 166 g/mol. The molecule has 0 amide bonds. The summed E-state index contributed by atoms with van der Waals surface area (Å²) in [6.07, 6.45) is 0.648. The predicted octanol–water partition coefficient (Wildman–Crippen LogP) is 1.13. The maximum Gasteiger partial charge on any atom is 0.186 e. The van der Waals surface area contributed by atoms with Gasteiger partial charge in [-0.05, 0) is 0 Å². The van der Waals surface area contributed by atoms with E-state index in [9.17, 15) is 9.59 Å². The Kier molecular flexibility index (Phi) is 2.47. The molecule has 0 bridgehead atoms. The zero-order valence-corrected chi connectivity index (χ0v) is 7.07. The van der Waals surface area contributed by atoms with Crippen molar-refractivity contribution in [3.8, 4) is 0 Å². The highest BCUT2D eigenvalue weighted by molar-refractivity contribution is 6.01. The van der Waals surface area contributed by atoms with Crippen LogP contribution in [0.2, 0.25) is 0 Å². The summed E-state index contributed by atoms with van der Waals surface area (Å²) in [4.78, 5) is 21.8. The molecule has 0 atom stereocenters. The van der Waals surface area contributed by atoms with Gasteiger partial charge in [0.05, 0.1) is 6.54 Å². The summed E-state index contributed by atoms with van der Waals surface area (Å²) in [6.45, 7) is 3.79. The summed E-state index contributed by atoms with van der Waals surface area (Å²) in [5.74, 6) is -0.245. The summed E-state index contributed by atoms with van der Waals surface area (Å²) < 4.78 is 0. The summed E-state index contributed by atoms with van der Waals surface area (Å²) in [7, 11) is 0. The van der Waals surface area contributed by atoms with Gasteiger partial charge in [0.25, 0.3) is 0 Å². The molecule has 0 unspecified atom stereocenters. The lowest BCUT2D eigenvalue weighted by Crippen LogP contribution is -2.10. The lowest BCUT2D eigenvalue weighted by atomic mass is 10.0. The Balaban J connectivity index is 2.92. The third-order valence-corrected chi connectivity index (χ3v) is 1.62. The van der Waals surface area contributed by atoms with Crippen molar-refractivity contribution < 1.29 is 9.59 Å². The maximum atomic E-state index is 11.3. The van der Waals surface area contributed by atoms with Crippen LogP contribution in [-0.4, -0.2) is 18.6 Å². The van der Waals surface area contributed by atoms with E-state index in [2.05, 4.69) is 10.2 Å². The molecule has 0 aromatic rings. The molecule has 0 saturated carbocycles. The summed E-state index contributed by atoms with van der Waals surface area (Å²) in [6, 6.07) is 0. The van der Waals surface area contributed by atoms with Crippen LogP contribution in [0.1, 0.15) is 13.8 Å². The second kappa shape index (κ2) is 3.38. The van der Waals surface area contributed by atoms with Gasteiger partial charge in [0.15, 0.2) is 5.78 Å². The van der Waals surface area contributed by atoms with Crippen LogP contribution in [0, 0.1) is 5.92 Å². The number of carbonyl (C=O) groups excluding carboxylic acids is 2. The van der Waals surface area contributed by atoms with Gasteiger partial charge >= 0.3 is 0 Å². The minimum absolute atomic E-state index is 0.113. The monoisotopic (exact) mass is 166 g/mol. The average Bonchev–Trinajstić information content (AvgIpc) is 2.49. The van der Waals surface area contributed by atoms with E-state index in [1.165, 1.54) is 0 Å². The van der Waals surface area contributed by atoms with Gasteiger partial charge in [0.1, 0.15) is 12.0 Å². The molecule has 0 saturated heterocycles. The van der Waals surface area contributed by atoms with Crippen molar-refractivity contribution in [2.45, 2.75) is 13.8 Å². The first-order chi connectivity index (χ1) is 5.66. The number of rotatable bonds is 3. The number of nitrogens with zero attached hydrogens (tertiary/aromatic N) is 2. The SMILES string of the molecule is CC(C)C(=O)C1=C(C=O)CN=N1. The van der Waals surface area contributed by atoms with Crippen molar-refractivity contribution in [1.82, 2.24) is 0 Å². The number of carbonyl (C=O) groups is 2. The van der Waals surface area contributed by atoms with Crippen LogP contribution in [0.5, 0.6) is 0 Å². The minimum atomic E-state index is -0.132. The summed E-state index contributed by atoms with van der Waals surface area (Å²) >= 11 is 0. The Morgan fingerprint density at radius 1 is 1.58 bits per heavy atom. The van der Waals surface area contributed by atoms with Crippen LogP contribution in [-0.2, 0) is 9.59 Å². The molecule has 64 valence electrons. The fraction of sp³-hybridized carbons (Fsp3) is 0.500. The highest BCUT2D eigenvalue weighted by atomic mass is 16.1. The molecule has 1 heterocycles. The molecule has 4 nitrogen and oxygen atoms in total. The normalized spacial score (nSPS) is 15.9. The fourth-order valence-corrected chi connectivity index (χ4v) is 0.895. The van der Waals surface area contributed by atoms with Crippen molar-refractivity contribution >= 4 is 12.1 Å². The van der Waals surface area contributed by atoms with Crippen molar-refractivity contribution in [1.29, 1.82) is 0 Å². The van der Waals surface area contributed by atoms with E-state index in [1.54, 1.807) is 13.8 Å². The molecular formula is C8H10N2O2. The molecule has 0 aromatic heterocycles. The summed E-state index contributed by atoms with van der Waals surface area (Å²) in [5.41, 5.74) is 0.633. The second-order valence-corrected chi connectivity index (χ2v) is 2.91. The predicted molar refractivity (Wildman–Crippen MR) is 42.7 cm³/mol. The van der Waals surface area contributed by atoms with Gasteiger partial charge in [-0.1, -0.05) is 13.8 Å². The van der Waals surface area contributed by atoms with Crippen molar-refractivity contribution in [3.05, 3.63) is 11.3 Å². The molecule has 0 aliphatic carbocycles. The Morgan fingerprint density at radius 3 is 2.75 bits per heavy atom. The third-order valence-electron chi connectivity index (χ3n) is 1.62. The van der Waals surface area contributed by atoms with E-state index in [4.69, 9.17) is 0 Å². The van der Waals surface area contributed by atoms with Crippen LogP contribution >= 0.6 is 0 Å². The van der Waals surface area contributed by atoms with E-state index < -0.39 is 0 Å². The van der Waals surface area contributed by atoms with Crippen LogP contribution in [0.15, 0.2) is 21.5 Å². The molecule has 0 fully saturated rings. The van der Waals surface area contributed by atoms with Crippen molar-refractivity contribution in [2.24, 2.45) is 16.1 Å². The quantitative estimate of drug-likeness (QED) is 0.590. The molecule has 1 aliphatic rings. The van der Waals surface area contributed by atoms with E-state index in [0.717, 1.165) is 0 Å². The van der Waals surface area contributed by atoms with Crippen molar-refractivity contribution in [3.63, 3.8) is 0 Å². The van der Waals surface area contributed by atoms with Gasteiger partial charge in [-0.3, -0.25) is 9.59 Å². The first-order valence-corrected chi connectivity index (χ1v) is 3.77. The highest BCUT2D eigenvalue weighted by Crippen LogP contribution is 2.17. The number of ketones is 1. The Hall–Kier alpha value is -1.32. The topological polar surface area (TPSA) is 58.9 Å². The largest absolute Gasteiger partial charge is 0.298 e. The van der Waals surface area contributed by atoms with Gasteiger partial charge in [-0.2, -0.15) is 10.2 Å². The number of allylic oxidation sites excluding steroid dienone is 1. The first-order valence-electron chi connectivity index (χ1n) is 3.77. The lowest BCUT2D eigenvalue weighted by Gasteiger charge is -2.00. The zero-order valence-electron chi connectivity index (χ0n) is 7.07. The van der Waals surface area contributed by atoms with Gasteiger partial charge in [-0.25, -0.2) is 0 Å². The molecule has 12 heavy (non-hydrogen) atoms.